The third-order valence-electron chi connectivity index (χ3n) is 3.62. The van der Waals surface area contributed by atoms with E-state index in [0.717, 1.165) is 10.8 Å². The van der Waals surface area contributed by atoms with Crippen molar-refractivity contribution in [3.8, 4) is 0 Å². The molecule has 2 N–H and O–H groups in total. The third kappa shape index (κ3) is 1.95. The lowest BCUT2D eigenvalue weighted by molar-refractivity contribution is -0.159. The van der Waals surface area contributed by atoms with Crippen LogP contribution in [0.25, 0.3) is 10.8 Å². The zero-order valence-electron chi connectivity index (χ0n) is 12.3. The maximum absolute atomic E-state index is 12.4. The Morgan fingerprint density at radius 1 is 1.05 bits per heavy atom. The lowest BCUT2D eigenvalue weighted by Gasteiger charge is -2.36. The molecule has 0 spiro atoms. The maximum atomic E-state index is 12.4. The van der Waals surface area contributed by atoms with E-state index >= 15 is 0 Å². The second-order valence-electron chi connectivity index (χ2n) is 4.92. The van der Waals surface area contributed by atoms with Gasteiger partial charge in [0.2, 0.25) is 0 Å². The molecular formula is C16H16N2O4. The van der Waals surface area contributed by atoms with Gasteiger partial charge < -0.3 is 20.1 Å². The fraction of sp³-hybridized carbons (Fsp3) is 0.250. The van der Waals surface area contributed by atoms with Gasteiger partial charge in [-0.3, -0.25) is 0 Å². The predicted octanol–water partition coefficient (Wildman–Crippen LogP) is 2.11. The minimum Gasteiger partial charge on any atom is -0.465 e. The Bertz CT molecular complexity index is 716. The van der Waals surface area contributed by atoms with E-state index in [1.807, 2.05) is 36.4 Å². The third-order valence-corrected chi connectivity index (χ3v) is 3.62. The maximum Gasteiger partial charge on any atom is 0.365 e. The summed E-state index contributed by atoms with van der Waals surface area (Å²) < 4.78 is 9.86. The number of ether oxygens (including phenoxy) is 2. The van der Waals surface area contributed by atoms with Gasteiger partial charge in [0, 0.05) is 16.8 Å². The summed E-state index contributed by atoms with van der Waals surface area (Å²) >= 11 is 0. The number of anilines is 2. The zero-order chi connectivity index (χ0) is 15.7. The van der Waals surface area contributed by atoms with Gasteiger partial charge in [-0.2, -0.15) is 0 Å². The highest BCUT2D eigenvalue weighted by atomic mass is 16.6. The minimum atomic E-state index is -1.78. The van der Waals surface area contributed by atoms with E-state index in [2.05, 4.69) is 10.6 Å². The van der Waals surface area contributed by atoms with Crippen molar-refractivity contribution in [2.24, 2.45) is 0 Å². The molecular weight excluding hydrogens is 284 g/mol. The van der Waals surface area contributed by atoms with E-state index < -0.39 is 17.6 Å². The van der Waals surface area contributed by atoms with Gasteiger partial charge in [0.25, 0.3) is 0 Å². The van der Waals surface area contributed by atoms with Crippen LogP contribution in [0.5, 0.6) is 0 Å². The Morgan fingerprint density at radius 3 is 2.14 bits per heavy atom. The van der Waals surface area contributed by atoms with Crippen molar-refractivity contribution >= 4 is 34.1 Å². The Labute approximate surface area is 127 Å². The van der Waals surface area contributed by atoms with Crippen LogP contribution in [-0.4, -0.2) is 31.3 Å². The molecule has 22 heavy (non-hydrogen) atoms. The van der Waals surface area contributed by atoms with Crippen LogP contribution in [0, 0.1) is 0 Å². The largest absolute Gasteiger partial charge is 0.465 e. The fourth-order valence-corrected chi connectivity index (χ4v) is 2.66. The molecule has 6 nitrogen and oxygen atoms in total. The van der Waals surface area contributed by atoms with Crippen molar-refractivity contribution in [1.29, 1.82) is 0 Å². The summed E-state index contributed by atoms with van der Waals surface area (Å²) in [6.45, 7) is 1.84. The van der Waals surface area contributed by atoms with Crippen molar-refractivity contribution in [1.82, 2.24) is 0 Å². The molecule has 114 valence electrons. The molecule has 1 heterocycles. The molecule has 0 amide bonds. The first-order valence-electron chi connectivity index (χ1n) is 6.96. The molecule has 1 aliphatic rings. The quantitative estimate of drug-likeness (QED) is 0.668. The van der Waals surface area contributed by atoms with Crippen LogP contribution in [0.3, 0.4) is 0 Å². The number of nitrogens with one attached hydrogen (secondary N) is 2. The van der Waals surface area contributed by atoms with Crippen LogP contribution in [0.4, 0.5) is 11.4 Å². The van der Waals surface area contributed by atoms with Crippen LogP contribution in [-0.2, 0) is 19.1 Å². The summed E-state index contributed by atoms with van der Waals surface area (Å²) in [5.41, 5.74) is -0.441. The SMILES string of the molecule is CCOC(=O)C1(C(=O)OC)Nc2cccc3cccc(c23)N1. The number of benzene rings is 2. The molecule has 0 saturated heterocycles. The number of carbonyl (C=O) groups is 2. The number of rotatable bonds is 3. The van der Waals surface area contributed by atoms with Crippen molar-refractivity contribution in [2.75, 3.05) is 24.4 Å². The van der Waals surface area contributed by atoms with Crippen molar-refractivity contribution in [3.05, 3.63) is 36.4 Å². The molecule has 0 unspecified atom stereocenters. The van der Waals surface area contributed by atoms with E-state index in [1.165, 1.54) is 7.11 Å². The molecule has 0 aromatic heterocycles. The van der Waals surface area contributed by atoms with Gasteiger partial charge in [0.15, 0.2) is 0 Å². The van der Waals surface area contributed by atoms with Crippen molar-refractivity contribution in [3.63, 3.8) is 0 Å². The topological polar surface area (TPSA) is 76.7 Å². The Hall–Kier alpha value is -2.76. The van der Waals surface area contributed by atoms with Crippen LogP contribution in [0.1, 0.15) is 6.92 Å². The average molecular weight is 300 g/mol. The highest BCUT2D eigenvalue weighted by molar-refractivity contribution is 6.17. The first-order chi connectivity index (χ1) is 10.6. The highest BCUT2D eigenvalue weighted by Crippen LogP contribution is 2.38. The fourth-order valence-electron chi connectivity index (χ4n) is 2.66. The lowest BCUT2D eigenvalue weighted by atomic mass is 9.99. The highest BCUT2D eigenvalue weighted by Gasteiger charge is 2.51. The summed E-state index contributed by atoms with van der Waals surface area (Å²) in [4.78, 5) is 24.7. The van der Waals surface area contributed by atoms with Gasteiger partial charge in [-0.25, -0.2) is 9.59 Å². The normalized spacial score (nSPS) is 14.6. The number of hydrogen-bond donors (Lipinski definition) is 2. The van der Waals surface area contributed by atoms with Gasteiger partial charge in [-0.1, -0.05) is 24.3 Å². The molecule has 0 radical (unpaired) electrons. The standard InChI is InChI=1S/C16H16N2O4/c1-3-22-15(20)16(14(19)21-2)17-11-8-4-6-10-7-5-9-12(18-16)13(10)11/h4-9,17-18H,3H2,1-2H3. The number of carbonyl (C=O) groups excluding carboxylic acids is 2. The predicted molar refractivity (Wildman–Crippen MR) is 82.6 cm³/mol. The van der Waals surface area contributed by atoms with Crippen LogP contribution in [0.2, 0.25) is 0 Å². The van der Waals surface area contributed by atoms with Crippen molar-refractivity contribution < 1.29 is 19.1 Å². The second kappa shape index (κ2) is 5.22. The molecule has 0 bridgehead atoms. The van der Waals surface area contributed by atoms with Gasteiger partial charge in [-0.15, -0.1) is 0 Å². The van der Waals surface area contributed by atoms with Gasteiger partial charge in [0.1, 0.15) is 0 Å². The van der Waals surface area contributed by atoms with E-state index in [1.54, 1.807) is 6.92 Å². The van der Waals surface area contributed by atoms with Gasteiger partial charge in [0.05, 0.1) is 13.7 Å². The van der Waals surface area contributed by atoms with Crippen LogP contribution < -0.4 is 10.6 Å². The minimum absolute atomic E-state index is 0.160. The smallest absolute Gasteiger partial charge is 0.365 e. The van der Waals surface area contributed by atoms with Gasteiger partial charge >= 0.3 is 17.6 Å². The van der Waals surface area contributed by atoms with Crippen molar-refractivity contribution in [2.45, 2.75) is 12.6 Å². The molecule has 0 saturated carbocycles. The van der Waals surface area contributed by atoms with E-state index in [-0.39, 0.29) is 6.61 Å². The average Bonchev–Trinajstić information content (AvgIpc) is 2.54. The summed E-state index contributed by atoms with van der Waals surface area (Å²) in [5.74, 6) is -1.48. The number of methoxy groups -OCH3 is 1. The molecule has 3 rings (SSSR count). The number of hydrogen-bond acceptors (Lipinski definition) is 6. The molecule has 0 atom stereocenters. The van der Waals surface area contributed by atoms with E-state index in [0.29, 0.717) is 11.4 Å². The molecule has 2 aromatic rings. The molecule has 0 aliphatic carbocycles. The Morgan fingerprint density at radius 2 is 1.64 bits per heavy atom. The zero-order valence-corrected chi connectivity index (χ0v) is 12.3. The summed E-state index contributed by atoms with van der Waals surface area (Å²) in [6.07, 6.45) is 0. The Balaban J connectivity index is 2.17. The summed E-state index contributed by atoms with van der Waals surface area (Å²) in [5, 5.41) is 7.81. The Kier molecular flexibility index (Phi) is 3.36. The molecule has 6 heteroatoms. The summed E-state index contributed by atoms with van der Waals surface area (Å²) in [6, 6.07) is 11.2. The summed E-state index contributed by atoms with van der Waals surface area (Å²) in [7, 11) is 1.23. The van der Waals surface area contributed by atoms with Gasteiger partial charge in [-0.05, 0) is 24.4 Å². The van der Waals surface area contributed by atoms with E-state index in [9.17, 15) is 9.59 Å². The van der Waals surface area contributed by atoms with Crippen LogP contribution >= 0.6 is 0 Å². The van der Waals surface area contributed by atoms with E-state index in [4.69, 9.17) is 9.47 Å². The number of esters is 2. The molecule has 1 aliphatic heterocycles. The second-order valence-corrected chi connectivity index (χ2v) is 4.92. The van der Waals surface area contributed by atoms with Crippen LogP contribution in [0.15, 0.2) is 36.4 Å². The monoisotopic (exact) mass is 300 g/mol. The first-order valence-corrected chi connectivity index (χ1v) is 6.96. The lowest BCUT2D eigenvalue weighted by Crippen LogP contribution is -2.61. The first kappa shape index (κ1) is 14.2. The molecule has 0 fully saturated rings. The molecule has 2 aromatic carbocycles.